The minimum atomic E-state index is -3.28. The number of benzene rings is 2. The van der Waals surface area contributed by atoms with E-state index in [1.807, 2.05) is 0 Å². The minimum Gasteiger partial charge on any atom is -0.490 e. The zero-order chi connectivity index (χ0) is 20.5. The maximum atomic E-state index is 13.4. The molecule has 1 heterocycles. The van der Waals surface area contributed by atoms with Crippen molar-refractivity contribution < 1.29 is 17.5 Å². The highest BCUT2D eigenvalue weighted by Gasteiger charge is 2.25. The van der Waals surface area contributed by atoms with Crippen LogP contribution in [0.5, 0.6) is 0 Å². The SMILES string of the molecule is CC(C)(C)C1=NC(c2ccc(F)cc2)=C(c2ccc(S(C)(=O)=O)cc2)OCC1. The van der Waals surface area contributed by atoms with Gasteiger partial charge in [0.15, 0.2) is 15.6 Å². The van der Waals surface area contributed by atoms with Crippen molar-refractivity contribution in [1.29, 1.82) is 0 Å². The molecule has 0 spiro atoms. The highest BCUT2D eigenvalue weighted by atomic mass is 32.2. The Morgan fingerprint density at radius 2 is 1.54 bits per heavy atom. The molecular weight excluding hydrogens is 377 g/mol. The molecule has 148 valence electrons. The van der Waals surface area contributed by atoms with Crippen molar-refractivity contribution in [3.05, 3.63) is 65.5 Å². The third-order valence-corrected chi connectivity index (χ3v) is 5.70. The first kappa shape index (κ1) is 20.3. The van der Waals surface area contributed by atoms with E-state index >= 15 is 0 Å². The summed E-state index contributed by atoms with van der Waals surface area (Å²) in [6, 6.07) is 12.7. The summed E-state index contributed by atoms with van der Waals surface area (Å²) in [7, 11) is -3.28. The van der Waals surface area contributed by atoms with Crippen molar-refractivity contribution in [2.45, 2.75) is 32.1 Å². The molecule has 0 unspecified atom stereocenters. The molecule has 3 rings (SSSR count). The van der Waals surface area contributed by atoms with Crippen molar-refractivity contribution in [3.63, 3.8) is 0 Å². The lowest BCUT2D eigenvalue weighted by Crippen LogP contribution is -2.21. The second-order valence-corrected chi connectivity index (χ2v) is 9.90. The van der Waals surface area contributed by atoms with Crippen LogP contribution in [-0.2, 0) is 14.6 Å². The van der Waals surface area contributed by atoms with E-state index < -0.39 is 9.84 Å². The predicted octanol–water partition coefficient (Wildman–Crippen LogP) is 4.96. The number of hydrogen-bond donors (Lipinski definition) is 0. The van der Waals surface area contributed by atoms with Crippen LogP contribution in [0.15, 0.2) is 58.4 Å². The van der Waals surface area contributed by atoms with Crippen molar-refractivity contribution in [3.8, 4) is 0 Å². The molecule has 28 heavy (non-hydrogen) atoms. The number of nitrogens with zero attached hydrogens (tertiary/aromatic N) is 1. The van der Waals surface area contributed by atoms with Gasteiger partial charge in [0.05, 0.1) is 11.5 Å². The third-order valence-electron chi connectivity index (χ3n) is 4.58. The van der Waals surface area contributed by atoms with E-state index in [0.717, 1.165) is 16.8 Å². The molecule has 1 aliphatic rings. The highest BCUT2D eigenvalue weighted by Crippen LogP contribution is 2.34. The number of aliphatic imine (C=N–C) groups is 1. The first-order valence-electron chi connectivity index (χ1n) is 9.07. The Morgan fingerprint density at radius 3 is 2.07 bits per heavy atom. The number of rotatable bonds is 3. The first-order valence-corrected chi connectivity index (χ1v) is 11.0. The van der Waals surface area contributed by atoms with Gasteiger partial charge in [-0.2, -0.15) is 0 Å². The monoisotopic (exact) mass is 401 g/mol. The van der Waals surface area contributed by atoms with Gasteiger partial charge in [0.25, 0.3) is 0 Å². The number of ether oxygens (including phenoxy) is 1. The van der Waals surface area contributed by atoms with E-state index in [1.54, 1.807) is 36.4 Å². The maximum absolute atomic E-state index is 13.4. The molecule has 0 saturated heterocycles. The van der Waals surface area contributed by atoms with Crippen molar-refractivity contribution >= 4 is 27.0 Å². The lowest BCUT2D eigenvalue weighted by molar-refractivity contribution is 0.288. The van der Waals surface area contributed by atoms with Crippen LogP contribution < -0.4 is 0 Å². The van der Waals surface area contributed by atoms with Gasteiger partial charge in [-0.05, 0) is 48.5 Å². The van der Waals surface area contributed by atoms with Crippen LogP contribution in [0.2, 0.25) is 0 Å². The Bertz CT molecular complexity index is 1030. The topological polar surface area (TPSA) is 55.7 Å². The van der Waals surface area contributed by atoms with Crippen LogP contribution >= 0.6 is 0 Å². The molecule has 0 aliphatic carbocycles. The fraction of sp³-hybridized carbons (Fsp3) is 0.318. The first-order chi connectivity index (χ1) is 13.1. The van der Waals surface area contributed by atoms with Crippen LogP contribution in [-0.4, -0.2) is 27.0 Å². The van der Waals surface area contributed by atoms with Gasteiger partial charge in [-0.25, -0.2) is 12.8 Å². The summed E-state index contributed by atoms with van der Waals surface area (Å²) in [6.45, 7) is 6.75. The standard InChI is InChI=1S/C22H24FNO3S/c1-22(2,3)19-13-14-27-21(16-7-11-18(12-8-16)28(4,25)26)20(24-19)15-5-9-17(23)10-6-15/h5-12H,13-14H2,1-4H3. The van der Waals surface area contributed by atoms with Gasteiger partial charge in [0, 0.05) is 34.9 Å². The fourth-order valence-electron chi connectivity index (χ4n) is 2.98. The zero-order valence-electron chi connectivity index (χ0n) is 16.5. The maximum Gasteiger partial charge on any atom is 0.175 e. The van der Waals surface area contributed by atoms with E-state index in [4.69, 9.17) is 9.73 Å². The van der Waals surface area contributed by atoms with Crippen LogP contribution in [0, 0.1) is 11.2 Å². The Hall–Kier alpha value is -2.47. The molecule has 2 aromatic carbocycles. The summed E-state index contributed by atoms with van der Waals surface area (Å²) >= 11 is 0. The molecule has 0 saturated carbocycles. The molecule has 2 aromatic rings. The Morgan fingerprint density at radius 1 is 0.964 bits per heavy atom. The zero-order valence-corrected chi connectivity index (χ0v) is 17.3. The summed E-state index contributed by atoms with van der Waals surface area (Å²) < 4.78 is 43.0. The molecule has 0 bridgehead atoms. The van der Waals surface area contributed by atoms with E-state index in [-0.39, 0.29) is 16.1 Å². The van der Waals surface area contributed by atoms with Crippen LogP contribution in [0.1, 0.15) is 38.3 Å². The average molecular weight is 402 g/mol. The quantitative estimate of drug-likeness (QED) is 0.730. The number of halogens is 1. The minimum absolute atomic E-state index is 0.135. The van der Waals surface area contributed by atoms with Gasteiger partial charge in [0.2, 0.25) is 0 Å². The molecule has 0 amide bonds. The average Bonchev–Trinajstić information content (AvgIpc) is 2.85. The van der Waals surface area contributed by atoms with E-state index in [1.165, 1.54) is 18.4 Å². The summed E-state index contributed by atoms with van der Waals surface area (Å²) in [5, 5.41) is 0. The van der Waals surface area contributed by atoms with Crippen molar-refractivity contribution in [1.82, 2.24) is 0 Å². The smallest absolute Gasteiger partial charge is 0.175 e. The normalized spacial score (nSPS) is 15.7. The van der Waals surface area contributed by atoms with Gasteiger partial charge >= 0.3 is 0 Å². The van der Waals surface area contributed by atoms with E-state index in [9.17, 15) is 12.8 Å². The van der Waals surface area contributed by atoms with Crippen LogP contribution in [0.3, 0.4) is 0 Å². The second kappa shape index (κ2) is 7.51. The summed E-state index contributed by atoms with van der Waals surface area (Å²) in [5.41, 5.74) is 2.95. The Balaban J connectivity index is 2.19. The molecule has 0 aromatic heterocycles. The van der Waals surface area contributed by atoms with Gasteiger partial charge < -0.3 is 4.74 Å². The summed E-state index contributed by atoms with van der Waals surface area (Å²) in [6.07, 6.45) is 1.85. The molecule has 6 heteroatoms. The Kier molecular flexibility index (Phi) is 5.44. The van der Waals surface area contributed by atoms with Gasteiger partial charge in [-0.15, -0.1) is 0 Å². The Labute approximate surface area is 165 Å². The molecule has 0 atom stereocenters. The largest absolute Gasteiger partial charge is 0.490 e. The van der Waals surface area contributed by atoms with E-state index in [2.05, 4.69) is 20.8 Å². The lowest BCUT2D eigenvalue weighted by Gasteiger charge is -2.20. The number of hydrogen-bond acceptors (Lipinski definition) is 4. The number of sulfone groups is 1. The fourth-order valence-corrected chi connectivity index (χ4v) is 3.61. The van der Waals surface area contributed by atoms with Gasteiger partial charge in [0.1, 0.15) is 11.5 Å². The van der Waals surface area contributed by atoms with Crippen LogP contribution in [0.25, 0.3) is 11.5 Å². The molecule has 0 N–H and O–H groups in total. The third kappa shape index (κ3) is 4.50. The molecule has 1 aliphatic heterocycles. The predicted molar refractivity (Wildman–Crippen MR) is 110 cm³/mol. The second-order valence-electron chi connectivity index (χ2n) is 7.89. The molecular formula is C22H24FNO3S. The molecule has 0 fully saturated rings. The lowest BCUT2D eigenvalue weighted by atomic mass is 9.88. The van der Waals surface area contributed by atoms with Gasteiger partial charge in [-0.1, -0.05) is 20.8 Å². The van der Waals surface area contributed by atoms with Gasteiger partial charge in [-0.3, -0.25) is 4.99 Å². The van der Waals surface area contributed by atoms with Crippen molar-refractivity contribution in [2.24, 2.45) is 10.4 Å². The van der Waals surface area contributed by atoms with E-state index in [0.29, 0.717) is 24.5 Å². The summed E-state index contributed by atoms with van der Waals surface area (Å²) in [4.78, 5) is 5.15. The molecule has 4 nitrogen and oxygen atoms in total. The highest BCUT2D eigenvalue weighted by molar-refractivity contribution is 7.90. The summed E-state index contributed by atoms with van der Waals surface area (Å²) in [5.74, 6) is 0.240. The molecule has 0 radical (unpaired) electrons. The van der Waals surface area contributed by atoms with Crippen LogP contribution in [0.4, 0.5) is 4.39 Å². The van der Waals surface area contributed by atoms with Crippen molar-refractivity contribution in [2.75, 3.05) is 12.9 Å².